The number of halogens is 6. The number of alkyl halides is 3. The van der Waals surface area contributed by atoms with Crippen molar-refractivity contribution in [3.05, 3.63) is 50.6 Å². The van der Waals surface area contributed by atoms with E-state index in [-0.39, 0.29) is 31.9 Å². The number of hydrogen-bond donors (Lipinski definition) is 1. The van der Waals surface area contributed by atoms with Crippen LogP contribution in [0.5, 0.6) is 0 Å². The molecular formula is C13H7Cl3F3NO. The first-order chi connectivity index (χ1) is 9.75. The molecule has 1 heterocycles. The fourth-order valence-electron chi connectivity index (χ4n) is 1.76. The molecule has 0 saturated carbocycles. The van der Waals surface area contributed by atoms with E-state index in [0.29, 0.717) is 6.20 Å². The van der Waals surface area contributed by atoms with Crippen LogP contribution < -0.4 is 0 Å². The Kier molecular flexibility index (Phi) is 4.68. The standard InChI is InChI=1S/C13H7Cl3F3NO/c14-8-1-2-9(15)11(16)10(8)12-6(5-21)3-7(4-20-12)13(17,18)19/h1-4,21H,5H2. The van der Waals surface area contributed by atoms with Crippen LogP contribution in [0.3, 0.4) is 0 Å². The Bertz CT molecular complexity index is 689. The average molecular weight is 357 g/mol. The third-order valence-electron chi connectivity index (χ3n) is 2.75. The Morgan fingerprint density at radius 3 is 2.29 bits per heavy atom. The lowest BCUT2D eigenvalue weighted by atomic mass is 10.0. The quantitative estimate of drug-likeness (QED) is 0.748. The van der Waals surface area contributed by atoms with Crippen LogP contribution in [0.25, 0.3) is 11.3 Å². The highest BCUT2D eigenvalue weighted by Gasteiger charge is 2.32. The van der Waals surface area contributed by atoms with Gasteiger partial charge in [-0.25, -0.2) is 0 Å². The molecule has 2 aromatic rings. The molecule has 0 aliphatic rings. The number of aliphatic hydroxyl groups excluding tert-OH is 1. The van der Waals surface area contributed by atoms with Crippen LogP contribution >= 0.6 is 34.8 Å². The van der Waals surface area contributed by atoms with Crippen molar-refractivity contribution in [2.24, 2.45) is 0 Å². The normalized spacial score (nSPS) is 11.8. The van der Waals surface area contributed by atoms with Crippen LogP contribution in [0.1, 0.15) is 11.1 Å². The van der Waals surface area contributed by atoms with Gasteiger partial charge < -0.3 is 5.11 Å². The highest BCUT2D eigenvalue weighted by atomic mass is 35.5. The van der Waals surface area contributed by atoms with E-state index in [9.17, 15) is 18.3 Å². The monoisotopic (exact) mass is 355 g/mol. The molecule has 21 heavy (non-hydrogen) atoms. The van der Waals surface area contributed by atoms with Crippen LogP contribution in [0.2, 0.25) is 15.1 Å². The summed E-state index contributed by atoms with van der Waals surface area (Å²) in [5, 5.41) is 9.71. The Hall–Kier alpha value is -1.01. The summed E-state index contributed by atoms with van der Waals surface area (Å²) in [6.45, 7) is -0.647. The Morgan fingerprint density at radius 1 is 1.10 bits per heavy atom. The van der Waals surface area contributed by atoms with Gasteiger partial charge in [-0.15, -0.1) is 0 Å². The molecule has 1 aromatic carbocycles. The van der Waals surface area contributed by atoms with Crippen LogP contribution in [-0.4, -0.2) is 10.1 Å². The van der Waals surface area contributed by atoms with Crippen LogP contribution in [-0.2, 0) is 12.8 Å². The molecule has 2 rings (SSSR count). The highest BCUT2D eigenvalue weighted by Crippen LogP contribution is 2.40. The molecule has 0 fully saturated rings. The number of hydrogen-bond acceptors (Lipinski definition) is 2. The first-order valence-electron chi connectivity index (χ1n) is 5.56. The molecule has 0 unspecified atom stereocenters. The van der Waals surface area contributed by atoms with E-state index in [1.165, 1.54) is 12.1 Å². The minimum Gasteiger partial charge on any atom is -0.392 e. The Balaban J connectivity index is 2.68. The van der Waals surface area contributed by atoms with Crippen molar-refractivity contribution in [3.63, 3.8) is 0 Å². The molecule has 0 radical (unpaired) electrons. The molecule has 8 heteroatoms. The third-order valence-corrected chi connectivity index (χ3v) is 3.86. The van der Waals surface area contributed by atoms with Crippen molar-refractivity contribution in [2.75, 3.05) is 0 Å². The number of pyridine rings is 1. The maximum atomic E-state index is 12.7. The molecule has 1 N–H and O–H groups in total. The van der Waals surface area contributed by atoms with E-state index < -0.39 is 18.3 Å². The summed E-state index contributed by atoms with van der Waals surface area (Å²) in [4.78, 5) is 3.74. The lowest BCUT2D eigenvalue weighted by molar-refractivity contribution is -0.137. The van der Waals surface area contributed by atoms with Gasteiger partial charge in [-0.2, -0.15) is 13.2 Å². The summed E-state index contributed by atoms with van der Waals surface area (Å²) in [5.74, 6) is 0. The van der Waals surface area contributed by atoms with Crippen molar-refractivity contribution in [1.29, 1.82) is 0 Å². The zero-order valence-electron chi connectivity index (χ0n) is 10.2. The van der Waals surface area contributed by atoms with Crippen molar-refractivity contribution < 1.29 is 18.3 Å². The number of rotatable bonds is 2. The summed E-state index contributed by atoms with van der Waals surface area (Å²) < 4.78 is 38.0. The number of aliphatic hydroxyl groups is 1. The summed E-state index contributed by atoms with van der Waals surface area (Å²) in [7, 11) is 0. The van der Waals surface area contributed by atoms with E-state index in [4.69, 9.17) is 34.8 Å². The summed E-state index contributed by atoms with van der Waals surface area (Å²) in [6, 6.07) is 3.71. The first kappa shape index (κ1) is 16.4. The molecule has 0 aliphatic heterocycles. The smallest absolute Gasteiger partial charge is 0.392 e. The van der Waals surface area contributed by atoms with Crippen LogP contribution in [0, 0.1) is 0 Å². The molecule has 0 atom stereocenters. The Morgan fingerprint density at radius 2 is 1.71 bits per heavy atom. The maximum Gasteiger partial charge on any atom is 0.417 e. The van der Waals surface area contributed by atoms with Crippen LogP contribution in [0.15, 0.2) is 24.4 Å². The lowest BCUT2D eigenvalue weighted by Gasteiger charge is -2.14. The van der Waals surface area contributed by atoms with Crippen molar-refractivity contribution in [1.82, 2.24) is 4.98 Å². The molecule has 2 nitrogen and oxygen atoms in total. The largest absolute Gasteiger partial charge is 0.417 e. The van der Waals surface area contributed by atoms with Gasteiger partial charge in [-0.1, -0.05) is 34.8 Å². The predicted octanol–water partition coefficient (Wildman–Crippen LogP) is 5.22. The molecule has 0 spiro atoms. The van der Waals surface area contributed by atoms with Gasteiger partial charge in [0.05, 0.1) is 32.9 Å². The van der Waals surface area contributed by atoms with Gasteiger partial charge in [0, 0.05) is 17.3 Å². The van der Waals surface area contributed by atoms with Crippen LogP contribution in [0.4, 0.5) is 13.2 Å². The van der Waals surface area contributed by atoms with Gasteiger partial charge in [-0.05, 0) is 18.2 Å². The van der Waals surface area contributed by atoms with Crippen molar-refractivity contribution in [3.8, 4) is 11.3 Å². The third kappa shape index (κ3) is 3.26. The fourth-order valence-corrected chi connectivity index (χ4v) is 2.46. The number of nitrogens with zero attached hydrogens (tertiary/aromatic N) is 1. The minimum absolute atomic E-state index is 0.0455. The van der Waals surface area contributed by atoms with E-state index in [2.05, 4.69) is 4.98 Å². The molecule has 0 saturated heterocycles. The Labute approximate surface area is 133 Å². The number of benzene rings is 1. The van der Waals surface area contributed by atoms with Gasteiger partial charge in [-0.3, -0.25) is 4.98 Å². The van der Waals surface area contributed by atoms with Gasteiger partial charge in [0.25, 0.3) is 0 Å². The molecule has 0 amide bonds. The van der Waals surface area contributed by atoms with Gasteiger partial charge in [0.1, 0.15) is 0 Å². The van der Waals surface area contributed by atoms with Crippen molar-refractivity contribution >= 4 is 34.8 Å². The SMILES string of the molecule is OCc1cc(C(F)(F)F)cnc1-c1c(Cl)ccc(Cl)c1Cl. The predicted molar refractivity (Wildman–Crippen MR) is 75.6 cm³/mol. The molecular weight excluding hydrogens is 350 g/mol. The second kappa shape index (κ2) is 6.01. The van der Waals surface area contributed by atoms with Crippen molar-refractivity contribution in [2.45, 2.75) is 12.8 Å². The second-order valence-corrected chi connectivity index (χ2v) is 5.30. The van der Waals surface area contributed by atoms with E-state index >= 15 is 0 Å². The lowest BCUT2D eigenvalue weighted by Crippen LogP contribution is -2.08. The first-order valence-corrected chi connectivity index (χ1v) is 6.70. The summed E-state index contributed by atoms with van der Waals surface area (Å²) >= 11 is 17.9. The van der Waals surface area contributed by atoms with Gasteiger partial charge >= 0.3 is 6.18 Å². The second-order valence-electron chi connectivity index (χ2n) is 4.11. The topological polar surface area (TPSA) is 33.1 Å². The average Bonchev–Trinajstić information content (AvgIpc) is 2.42. The molecule has 0 aliphatic carbocycles. The number of aromatic nitrogens is 1. The zero-order valence-corrected chi connectivity index (χ0v) is 12.4. The minimum atomic E-state index is -4.56. The van der Waals surface area contributed by atoms with Gasteiger partial charge in [0.2, 0.25) is 0 Å². The zero-order chi connectivity index (χ0) is 15.8. The highest BCUT2D eigenvalue weighted by molar-refractivity contribution is 6.46. The molecule has 0 bridgehead atoms. The molecule has 1 aromatic heterocycles. The van der Waals surface area contributed by atoms with E-state index in [1.807, 2.05) is 0 Å². The summed E-state index contributed by atoms with van der Waals surface area (Å²) in [5.41, 5.74) is -0.771. The van der Waals surface area contributed by atoms with E-state index in [0.717, 1.165) is 6.07 Å². The molecule has 112 valence electrons. The fraction of sp³-hybridized carbons (Fsp3) is 0.154. The maximum absolute atomic E-state index is 12.7. The van der Waals surface area contributed by atoms with Gasteiger partial charge in [0.15, 0.2) is 0 Å². The summed E-state index contributed by atoms with van der Waals surface area (Å²) in [6.07, 6.45) is -3.90. The van der Waals surface area contributed by atoms with E-state index in [1.54, 1.807) is 0 Å².